The largest absolute Gasteiger partial charge is 0.334 e. The van der Waals surface area contributed by atoms with Crippen LogP contribution in [-0.4, -0.2) is 26.8 Å². The number of carbonyl (C=O) groups excluding carboxylic acids is 1. The van der Waals surface area contributed by atoms with Gasteiger partial charge in [0.2, 0.25) is 5.91 Å². The monoisotopic (exact) mass is 418 g/mol. The molecule has 0 atom stereocenters. The van der Waals surface area contributed by atoms with Crippen molar-refractivity contribution in [2.24, 2.45) is 0 Å². The second-order valence-corrected chi connectivity index (χ2v) is 7.01. The molecule has 2 heterocycles. The molecule has 1 amide bonds. The number of thioether (sulfide) groups is 1. The van der Waals surface area contributed by atoms with Crippen molar-refractivity contribution >= 4 is 39.3 Å². The van der Waals surface area contributed by atoms with Crippen LogP contribution in [0.25, 0.3) is 11.5 Å². The Morgan fingerprint density at radius 3 is 2.68 bits per heavy atom. The number of hydrogen-bond donors (Lipinski definition) is 1. The van der Waals surface area contributed by atoms with Gasteiger partial charge in [-0.2, -0.15) is 4.98 Å². The Bertz CT molecular complexity index is 850. The van der Waals surface area contributed by atoms with Crippen LogP contribution in [0.3, 0.4) is 0 Å². The summed E-state index contributed by atoms with van der Waals surface area (Å²) in [4.78, 5) is 20.6. The van der Waals surface area contributed by atoms with Crippen molar-refractivity contribution in [2.75, 3.05) is 11.1 Å². The second kappa shape index (κ2) is 8.26. The van der Waals surface area contributed by atoms with E-state index < -0.39 is 0 Å². The van der Waals surface area contributed by atoms with E-state index in [-0.39, 0.29) is 11.7 Å². The lowest BCUT2D eigenvalue weighted by Gasteiger charge is -2.05. The molecule has 0 unspecified atom stereocenters. The van der Waals surface area contributed by atoms with Gasteiger partial charge in [0.25, 0.3) is 5.89 Å². The van der Waals surface area contributed by atoms with E-state index in [2.05, 4.69) is 36.4 Å². The van der Waals surface area contributed by atoms with Crippen LogP contribution in [0.4, 0.5) is 5.69 Å². The molecule has 0 aliphatic rings. The molecular weight excluding hydrogens is 404 g/mol. The highest BCUT2D eigenvalue weighted by Gasteiger charge is 2.09. The number of amides is 1. The van der Waals surface area contributed by atoms with E-state index >= 15 is 0 Å². The summed E-state index contributed by atoms with van der Waals surface area (Å²) in [5.74, 6) is 1.32. The van der Waals surface area contributed by atoms with Gasteiger partial charge >= 0.3 is 0 Å². The summed E-state index contributed by atoms with van der Waals surface area (Å²) < 4.78 is 6.15. The third kappa shape index (κ3) is 4.90. The number of nitrogens with one attached hydrogen (secondary N) is 1. The summed E-state index contributed by atoms with van der Waals surface area (Å²) in [6, 6.07) is 11.1. The van der Waals surface area contributed by atoms with Crippen molar-refractivity contribution in [1.82, 2.24) is 15.1 Å². The molecule has 1 N–H and O–H groups in total. The number of halogens is 1. The maximum atomic E-state index is 12.0. The Morgan fingerprint density at radius 1 is 1.24 bits per heavy atom. The highest BCUT2D eigenvalue weighted by molar-refractivity contribution is 9.10. The molecular formula is C17H15BrN4O2S. The van der Waals surface area contributed by atoms with Crippen LogP contribution in [0.2, 0.25) is 0 Å². The molecule has 0 spiro atoms. The van der Waals surface area contributed by atoms with Gasteiger partial charge in [0, 0.05) is 22.8 Å². The normalized spacial score (nSPS) is 10.6. The van der Waals surface area contributed by atoms with Crippen molar-refractivity contribution in [1.29, 1.82) is 0 Å². The smallest absolute Gasteiger partial charge is 0.259 e. The van der Waals surface area contributed by atoms with Crippen molar-refractivity contribution in [3.8, 4) is 11.5 Å². The van der Waals surface area contributed by atoms with Gasteiger partial charge in [0.05, 0.1) is 16.3 Å². The lowest BCUT2D eigenvalue weighted by atomic mass is 10.3. The second-order valence-electron chi connectivity index (χ2n) is 5.10. The Labute approximate surface area is 157 Å². The molecule has 0 aliphatic carbocycles. The van der Waals surface area contributed by atoms with Gasteiger partial charge in [-0.25, -0.2) is 4.98 Å². The topological polar surface area (TPSA) is 80.9 Å². The molecule has 3 rings (SSSR count). The fourth-order valence-corrected chi connectivity index (χ4v) is 2.88. The fraction of sp³-hybridized carbons (Fsp3) is 0.176. The zero-order valence-corrected chi connectivity index (χ0v) is 15.8. The van der Waals surface area contributed by atoms with Crippen molar-refractivity contribution in [3.05, 3.63) is 52.9 Å². The van der Waals surface area contributed by atoms with E-state index in [0.29, 0.717) is 11.7 Å². The Morgan fingerprint density at radius 2 is 2.04 bits per heavy atom. The average Bonchev–Trinajstić information content (AvgIpc) is 3.12. The van der Waals surface area contributed by atoms with Crippen molar-refractivity contribution in [3.63, 3.8) is 0 Å². The van der Waals surface area contributed by atoms with Crippen LogP contribution >= 0.6 is 27.7 Å². The van der Waals surface area contributed by atoms with Crippen LogP contribution in [0.5, 0.6) is 0 Å². The van der Waals surface area contributed by atoms with Gasteiger partial charge in [-0.05, 0) is 36.4 Å². The van der Waals surface area contributed by atoms with Crippen molar-refractivity contribution in [2.45, 2.75) is 18.4 Å². The molecule has 25 heavy (non-hydrogen) atoms. The summed E-state index contributed by atoms with van der Waals surface area (Å²) >= 11 is 4.73. The summed E-state index contributed by atoms with van der Waals surface area (Å²) in [5.41, 5.74) is 1.52. The number of benzene rings is 1. The number of aryl methyl sites for hydroxylation is 1. The number of hydrogen-bond acceptors (Lipinski definition) is 6. The maximum Gasteiger partial charge on any atom is 0.259 e. The summed E-state index contributed by atoms with van der Waals surface area (Å²) in [6.07, 6.45) is 2.39. The SMILES string of the molecule is CCc1noc(-c2ccc(SCC(=O)Nc3ccc(Br)cc3)nc2)n1. The lowest BCUT2D eigenvalue weighted by molar-refractivity contribution is -0.113. The van der Waals surface area contributed by atoms with Gasteiger partial charge in [0.1, 0.15) is 0 Å². The van der Waals surface area contributed by atoms with E-state index in [1.165, 1.54) is 11.8 Å². The molecule has 0 fully saturated rings. The van der Waals surface area contributed by atoms with Crippen LogP contribution in [-0.2, 0) is 11.2 Å². The minimum atomic E-state index is -0.0808. The van der Waals surface area contributed by atoms with E-state index in [1.807, 2.05) is 43.3 Å². The quantitative estimate of drug-likeness (QED) is 0.604. The summed E-state index contributed by atoms with van der Waals surface area (Å²) in [7, 11) is 0. The highest BCUT2D eigenvalue weighted by Crippen LogP contribution is 2.21. The predicted molar refractivity (Wildman–Crippen MR) is 100 cm³/mol. The van der Waals surface area contributed by atoms with E-state index in [1.54, 1.807) is 6.20 Å². The molecule has 8 heteroatoms. The van der Waals surface area contributed by atoms with Crippen LogP contribution in [0.1, 0.15) is 12.7 Å². The number of carbonyl (C=O) groups is 1. The first-order chi connectivity index (χ1) is 12.1. The molecule has 0 aliphatic heterocycles. The minimum Gasteiger partial charge on any atom is -0.334 e. The highest BCUT2D eigenvalue weighted by atomic mass is 79.9. The molecule has 0 bridgehead atoms. The van der Waals surface area contributed by atoms with Gasteiger partial charge in [0.15, 0.2) is 5.82 Å². The number of aromatic nitrogens is 3. The van der Waals surface area contributed by atoms with E-state index in [0.717, 1.165) is 27.2 Å². The van der Waals surface area contributed by atoms with Crippen LogP contribution in [0.15, 0.2) is 56.6 Å². The zero-order chi connectivity index (χ0) is 17.6. The zero-order valence-electron chi connectivity index (χ0n) is 13.4. The van der Waals surface area contributed by atoms with Gasteiger partial charge in [-0.3, -0.25) is 4.79 Å². The molecule has 6 nitrogen and oxygen atoms in total. The van der Waals surface area contributed by atoms with E-state index in [4.69, 9.17) is 4.52 Å². The molecule has 0 radical (unpaired) electrons. The van der Waals surface area contributed by atoms with Gasteiger partial charge < -0.3 is 9.84 Å². The average molecular weight is 419 g/mol. The maximum absolute atomic E-state index is 12.0. The molecule has 128 valence electrons. The first kappa shape index (κ1) is 17.6. The van der Waals surface area contributed by atoms with Crippen molar-refractivity contribution < 1.29 is 9.32 Å². The third-order valence-corrected chi connectivity index (χ3v) is 4.72. The first-order valence-electron chi connectivity index (χ1n) is 7.61. The Hall–Kier alpha value is -2.19. The number of pyridine rings is 1. The van der Waals surface area contributed by atoms with Crippen LogP contribution < -0.4 is 5.32 Å². The van der Waals surface area contributed by atoms with Gasteiger partial charge in [-0.1, -0.05) is 39.8 Å². The fourth-order valence-electron chi connectivity index (χ4n) is 1.98. The third-order valence-electron chi connectivity index (χ3n) is 3.25. The number of anilines is 1. The Balaban J connectivity index is 1.54. The Kier molecular flexibility index (Phi) is 5.83. The summed E-state index contributed by atoms with van der Waals surface area (Å²) in [6.45, 7) is 1.96. The standard InChI is InChI=1S/C17H15BrN4O2S/c1-2-14-21-17(24-22-14)11-3-8-16(19-9-11)25-10-15(23)20-13-6-4-12(18)5-7-13/h3-9H,2,10H2,1H3,(H,20,23). The minimum absolute atomic E-state index is 0.0808. The molecule has 0 saturated carbocycles. The first-order valence-corrected chi connectivity index (χ1v) is 9.39. The van der Waals surface area contributed by atoms with Gasteiger partial charge in [-0.15, -0.1) is 0 Å². The number of rotatable bonds is 6. The molecule has 0 saturated heterocycles. The van der Waals surface area contributed by atoms with Crippen LogP contribution in [0, 0.1) is 0 Å². The predicted octanol–water partition coefficient (Wildman–Crippen LogP) is 4.19. The summed E-state index contributed by atoms with van der Waals surface area (Å²) in [5, 5.41) is 7.46. The molecule has 2 aromatic heterocycles. The number of nitrogens with zero attached hydrogens (tertiary/aromatic N) is 3. The molecule has 1 aromatic carbocycles. The lowest BCUT2D eigenvalue weighted by Crippen LogP contribution is -2.13. The van der Waals surface area contributed by atoms with E-state index in [9.17, 15) is 4.79 Å². The molecule has 3 aromatic rings.